The summed E-state index contributed by atoms with van der Waals surface area (Å²) in [7, 11) is 0. The van der Waals surface area contributed by atoms with Gasteiger partial charge < -0.3 is 10.1 Å². The van der Waals surface area contributed by atoms with Gasteiger partial charge in [-0.25, -0.2) is 4.79 Å². The fraction of sp³-hybridized carbons (Fsp3) is 0.160. The van der Waals surface area contributed by atoms with Crippen LogP contribution in [0.3, 0.4) is 0 Å². The van der Waals surface area contributed by atoms with Gasteiger partial charge in [0.1, 0.15) is 5.75 Å². The number of anilines is 3. The summed E-state index contributed by atoms with van der Waals surface area (Å²) in [5, 5.41) is 18.3. The summed E-state index contributed by atoms with van der Waals surface area (Å²) in [4.78, 5) is 28.1. The lowest BCUT2D eigenvalue weighted by molar-refractivity contribution is -0.274. The lowest BCUT2D eigenvalue weighted by Gasteiger charge is -2.24. The summed E-state index contributed by atoms with van der Waals surface area (Å²) in [6.07, 6.45) is -4.84. The number of hydrogen-bond donors (Lipinski definition) is 3. The second-order valence-electron chi connectivity index (χ2n) is 7.91. The van der Waals surface area contributed by atoms with Crippen LogP contribution in [0.4, 0.5) is 35.3 Å². The maximum absolute atomic E-state index is 13.4. The van der Waals surface area contributed by atoms with E-state index in [1.54, 1.807) is 42.1 Å². The van der Waals surface area contributed by atoms with E-state index in [1.165, 1.54) is 17.0 Å². The largest absolute Gasteiger partial charge is 0.573 e. The molecule has 0 aliphatic heterocycles. The van der Waals surface area contributed by atoms with Crippen LogP contribution in [0, 0.1) is 0 Å². The van der Waals surface area contributed by atoms with Crippen molar-refractivity contribution >= 4 is 41.0 Å². The summed E-state index contributed by atoms with van der Waals surface area (Å²) in [6.45, 7) is 2.07. The maximum Gasteiger partial charge on any atom is 0.573 e. The van der Waals surface area contributed by atoms with Crippen LogP contribution in [-0.2, 0) is 6.54 Å². The Morgan fingerprint density at radius 3 is 2.41 bits per heavy atom. The van der Waals surface area contributed by atoms with Crippen molar-refractivity contribution in [1.82, 2.24) is 20.6 Å². The van der Waals surface area contributed by atoms with E-state index in [2.05, 4.69) is 36.0 Å². The Morgan fingerprint density at radius 1 is 1.03 bits per heavy atom. The molecular formula is C25H22F3N7O3S. The average Bonchev–Trinajstić information content (AvgIpc) is 3.41. The first kappa shape index (κ1) is 27.4. The topological polar surface area (TPSA) is 125 Å². The fourth-order valence-electron chi connectivity index (χ4n) is 3.46. The average molecular weight is 558 g/mol. The third-order valence-corrected chi connectivity index (χ3v) is 6.03. The first-order valence-corrected chi connectivity index (χ1v) is 12.5. The van der Waals surface area contributed by atoms with Crippen molar-refractivity contribution in [3.63, 3.8) is 0 Å². The van der Waals surface area contributed by atoms with Crippen molar-refractivity contribution in [2.45, 2.75) is 24.7 Å². The minimum Gasteiger partial charge on any atom is -0.406 e. The lowest BCUT2D eigenvalue weighted by atomic mass is 10.1. The first-order chi connectivity index (χ1) is 18.7. The van der Waals surface area contributed by atoms with Gasteiger partial charge in [0.25, 0.3) is 11.9 Å². The van der Waals surface area contributed by atoms with Gasteiger partial charge in [0.05, 0.1) is 6.54 Å². The molecule has 39 heavy (non-hydrogen) atoms. The zero-order chi connectivity index (χ0) is 27.8. The predicted molar refractivity (Wildman–Crippen MR) is 140 cm³/mol. The minimum atomic E-state index is -4.84. The zero-order valence-corrected chi connectivity index (χ0v) is 21.2. The van der Waals surface area contributed by atoms with E-state index < -0.39 is 24.1 Å². The number of carbonyl (C=O) groups is 2. The van der Waals surface area contributed by atoms with Crippen molar-refractivity contribution in [2.75, 3.05) is 21.3 Å². The van der Waals surface area contributed by atoms with Crippen LogP contribution in [0.25, 0.3) is 0 Å². The van der Waals surface area contributed by atoms with Crippen molar-refractivity contribution in [2.24, 2.45) is 0 Å². The second kappa shape index (κ2) is 12.3. The molecule has 0 radical (unpaired) electrons. The molecule has 4 rings (SSSR count). The molecule has 3 N–H and O–H groups in total. The molecule has 0 aliphatic carbocycles. The van der Waals surface area contributed by atoms with E-state index >= 15 is 0 Å². The van der Waals surface area contributed by atoms with E-state index in [9.17, 15) is 22.8 Å². The first-order valence-electron chi connectivity index (χ1n) is 11.5. The normalized spacial score (nSPS) is 11.1. The number of nitrogens with one attached hydrogen (secondary N) is 3. The van der Waals surface area contributed by atoms with Crippen molar-refractivity contribution in [3.05, 3.63) is 83.9 Å². The fourth-order valence-corrected chi connectivity index (χ4v) is 4.18. The highest BCUT2D eigenvalue weighted by atomic mass is 32.2. The summed E-state index contributed by atoms with van der Waals surface area (Å²) in [5.41, 5.74) is 1.87. The number of alkyl halides is 3. The van der Waals surface area contributed by atoms with Crippen molar-refractivity contribution < 1.29 is 27.5 Å². The maximum atomic E-state index is 13.4. The Hall–Kier alpha value is -4.59. The van der Waals surface area contributed by atoms with Gasteiger partial charge >= 0.3 is 12.4 Å². The third kappa shape index (κ3) is 7.95. The van der Waals surface area contributed by atoms with Crippen molar-refractivity contribution in [3.8, 4) is 5.75 Å². The van der Waals surface area contributed by atoms with Crippen LogP contribution in [0.2, 0.25) is 0 Å². The quantitative estimate of drug-likeness (QED) is 0.225. The molecular weight excluding hydrogens is 535 g/mol. The van der Waals surface area contributed by atoms with E-state index in [-0.39, 0.29) is 12.5 Å². The Bertz CT molecular complexity index is 1400. The molecule has 0 unspecified atom stereocenters. The van der Waals surface area contributed by atoms with Gasteiger partial charge in [0.15, 0.2) is 0 Å². The van der Waals surface area contributed by atoms with Crippen LogP contribution in [0.5, 0.6) is 5.75 Å². The van der Waals surface area contributed by atoms with Crippen LogP contribution >= 0.6 is 11.8 Å². The summed E-state index contributed by atoms with van der Waals surface area (Å²) < 4.78 is 41.8. The molecule has 3 aromatic carbocycles. The van der Waals surface area contributed by atoms with E-state index in [0.29, 0.717) is 22.5 Å². The molecule has 0 fully saturated rings. The number of nitrogens with zero attached hydrogens (tertiary/aromatic N) is 4. The van der Waals surface area contributed by atoms with Crippen LogP contribution in [0.1, 0.15) is 22.8 Å². The Kier molecular flexibility index (Phi) is 8.66. The minimum absolute atomic E-state index is 0.0197. The summed E-state index contributed by atoms with van der Waals surface area (Å²) in [6, 6.07) is 18.2. The molecule has 10 nitrogen and oxygen atoms in total. The molecule has 1 heterocycles. The van der Waals surface area contributed by atoms with Crippen LogP contribution in [-0.4, -0.2) is 44.7 Å². The number of ether oxygens (including phenoxy) is 1. The van der Waals surface area contributed by atoms with Gasteiger partial charge in [-0.3, -0.25) is 15.0 Å². The molecule has 3 amide bonds. The van der Waals surface area contributed by atoms with Gasteiger partial charge in [-0.15, -0.1) is 30.0 Å². The summed E-state index contributed by atoms with van der Waals surface area (Å²) in [5.74, 6) is 0.0145. The zero-order valence-electron chi connectivity index (χ0n) is 20.4. The van der Waals surface area contributed by atoms with E-state index in [4.69, 9.17) is 0 Å². The number of H-pyrrole nitrogens is 1. The van der Waals surface area contributed by atoms with Crippen LogP contribution < -0.4 is 20.3 Å². The number of tetrazole rings is 1. The second-order valence-corrected chi connectivity index (χ2v) is 9.24. The van der Waals surface area contributed by atoms with Gasteiger partial charge in [0.2, 0.25) is 0 Å². The number of amides is 3. The number of benzene rings is 3. The van der Waals surface area contributed by atoms with Crippen LogP contribution in [0.15, 0.2) is 77.7 Å². The lowest BCUT2D eigenvalue weighted by Crippen LogP contribution is -2.34. The number of aromatic amines is 1. The SMILES string of the molecule is CCSc1cccc(NC(=O)N(Cc2ccc(C(=O)Nc3nn[nH]n3)cc2)c2ccc(OC(F)(F)F)cc2)c1. The highest BCUT2D eigenvalue weighted by Gasteiger charge is 2.31. The molecule has 14 heteroatoms. The Balaban J connectivity index is 1.54. The molecule has 0 atom stereocenters. The predicted octanol–water partition coefficient (Wildman–Crippen LogP) is 5.70. The number of hydrogen-bond acceptors (Lipinski definition) is 7. The van der Waals surface area contributed by atoms with Gasteiger partial charge in [-0.2, -0.15) is 5.21 Å². The molecule has 0 saturated heterocycles. The molecule has 202 valence electrons. The molecule has 4 aromatic rings. The number of halogens is 3. The highest BCUT2D eigenvalue weighted by Crippen LogP contribution is 2.27. The Morgan fingerprint density at radius 2 is 1.77 bits per heavy atom. The number of thioether (sulfide) groups is 1. The molecule has 0 aliphatic rings. The van der Waals surface area contributed by atoms with E-state index in [0.717, 1.165) is 22.8 Å². The van der Waals surface area contributed by atoms with Gasteiger partial charge in [-0.1, -0.05) is 30.2 Å². The number of carbonyl (C=O) groups excluding carboxylic acids is 2. The highest BCUT2D eigenvalue weighted by molar-refractivity contribution is 7.99. The van der Waals surface area contributed by atoms with Gasteiger partial charge in [0, 0.05) is 21.8 Å². The number of urea groups is 1. The molecule has 0 saturated carbocycles. The Labute approximate surface area is 224 Å². The molecule has 0 spiro atoms. The number of rotatable bonds is 9. The third-order valence-electron chi connectivity index (χ3n) is 5.15. The van der Waals surface area contributed by atoms with Gasteiger partial charge in [-0.05, 0) is 71.1 Å². The number of aromatic nitrogens is 4. The van der Waals surface area contributed by atoms with E-state index in [1.807, 2.05) is 25.1 Å². The smallest absolute Gasteiger partial charge is 0.406 e. The van der Waals surface area contributed by atoms with Crippen molar-refractivity contribution in [1.29, 1.82) is 0 Å². The standard InChI is InChI=1S/C25H22F3N7O3S/c1-2-39-21-5-3-4-18(14-21)29-24(37)35(19-10-12-20(13-11-19)38-25(26,27)28)15-16-6-8-17(9-7-16)22(36)30-23-31-33-34-32-23/h3-14H,2,15H2,1H3,(H,29,37)(H2,30,31,32,33,34,36). The molecule has 0 bridgehead atoms. The molecule has 1 aromatic heterocycles. The monoisotopic (exact) mass is 557 g/mol. The summed E-state index contributed by atoms with van der Waals surface area (Å²) >= 11 is 1.62.